The Morgan fingerprint density at radius 3 is 2.00 bits per heavy atom. The second kappa shape index (κ2) is 8.77. The smallest absolute Gasteiger partial charge is 0.261 e. The molecular weight excluding hydrogens is 468 g/mol. The lowest BCUT2D eigenvalue weighted by molar-refractivity contribution is -0.00518. The fraction of sp³-hybridized carbons (Fsp3) is 0.367. The molecule has 0 spiro atoms. The van der Waals surface area contributed by atoms with Crippen molar-refractivity contribution in [1.82, 2.24) is 0 Å². The van der Waals surface area contributed by atoms with Crippen LogP contribution in [0, 0.1) is 24.7 Å². The fourth-order valence-corrected chi connectivity index (χ4v) is 8.34. The topological polar surface area (TPSA) is 75.3 Å². The number of benzene rings is 3. The number of hydrogen-bond acceptors (Lipinski definition) is 3. The minimum Gasteiger partial charge on any atom is -0.322 e. The van der Waals surface area contributed by atoms with Gasteiger partial charge in [-0.15, -0.1) is 0 Å². The van der Waals surface area contributed by atoms with E-state index in [2.05, 4.69) is 22.2 Å². The third-order valence-electron chi connectivity index (χ3n) is 8.54. The van der Waals surface area contributed by atoms with Crippen LogP contribution in [0.4, 0.5) is 11.4 Å². The molecule has 0 aliphatic heterocycles. The number of amides is 1. The summed E-state index contributed by atoms with van der Waals surface area (Å²) in [6.45, 7) is 1.90. The molecule has 1 amide bonds. The highest BCUT2D eigenvalue weighted by Gasteiger charge is 2.51. The summed E-state index contributed by atoms with van der Waals surface area (Å²) in [5.74, 6) is 2.31. The maximum absolute atomic E-state index is 13.2. The maximum atomic E-state index is 13.2. The number of para-hydroxylation sites is 1. The standard InChI is InChI=1S/C30H32N2O3S/c1-20-6-12-26(13-7-20)36(34,35)32-28-5-3-2-4-27(28)29(33)31-25-10-8-24(9-11-25)30-17-21-14-22(18-30)16-23(15-21)19-30/h2-13,21-23,32H,14-19H2,1H3,(H,31,33). The van der Waals surface area contributed by atoms with Gasteiger partial charge in [0, 0.05) is 5.69 Å². The van der Waals surface area contributed by atoms with Crippen LogP contribution in [0.5, 0.6) is 0 Å². The second-order valence-electron chi connectivity index (χ2n) is 11.2. The zero-order valence-corrected chi connectivity index (χ0v) is 21.4. The van der Waals surface area contributed by atoms with Gasteiger partial charge in [0.25, 0.3) is 15.9 Å². The third-order valence-corrected chi connectivity index (χ3v) is 9.92. The normalized spacial score (nSPS) is 26.5. The highest BCUT2D eigenvalue weighted by molar-refractivity contribution is 7.92. The molecule has 3 aromatic carbocycles. The highest BCUT2D eigenvalue weighted by atomic mass is 32.2. The summed E-state index contributed by atoms with van der Waals surface area (Å²) >= 11 is 0. The third kappa shape index (κ3) is 4.32. The van der Waals surface area contributed by atoms with Crippen molar-refractivity contribution in [2.24, 2.45) is 17.8 Å². The Hall–Kier alpha value is -3.12. The molecule has 4 aliphatic rings. The lowest BCUT2D eigenvalue weighted by Crippen LogP contribution is -2.48. The molecule has 0 heterocycles. The Morgan fingerprint density at radius 1 is 0.806 bits per heavy atom. The summed E-state index contributed by atoms with van der Waals surface area (Å²) in [5, 5.41) is 2.96. The number of sulfonamides is 1. The Morgan fingerprint density at radius 2 is 1.39 bits per heavy atom. The van der Waals surface area contributed by atoms with E-state index in [0.717, 1.165) is 23.3 Å². The molecule has 6 heteroatoms. The predicted molar refractivity (Wildman–Crippen MR) is 143 cm³/mol. The van der Waals surface area contributed by atoms with Crippen molar-refractivity contribution in [3.63, 3.8) is 0 Å². The molecule has 4 fully saturated rings. The summed E-state index contributed by atoms with van der Waals surface area (Å²) in [4.78, 5) is 13.3. The van der Waals surface area contributed by atoms with E-state index in [1.54, 1.807) is 48.5 Å². The van der Waals surface area contributed by atoms with Crippen LogP contribution < -0.4 is 10.0 Å². The average molecular weight is 501 g/mol. The maximum Gasteiger partial charge on any atom is 0.261 e. The van der Waals surface area contributed by atoms with Gasteiger partial charge in [-0.3, -0.25) is 9.52 Å². The zero-order chi connectivity index (χ0) is 24.9. The predicted octanol–water partition coefficient (Wildman–Crippen LogP) is 6.52. The first-order valence-corrected chi connectivity index (χ1v) is 14.4. The van der Waals surface area contributed by atoms with Gasteiger partial charge in [-0.25, -0.2) is 8.42 Å². The number of aryl methyl sites for hydroxylation is 1. The van der Waals surface area contributed by atoms with Crippen molar-refractivity contribution in [2.75, 3.05) is 10.0 Å². The zero-order valence-electron chi connectivity index (χ0n) is 20.5. The number of carbonyl (C=O) groups excluding carboxylic acids is 1. The van der Waals surface area contributed by atoms with E-state index in [9.17, 15) is 13.2 Å². The molecule has 36 heavy (non-hydrogen) atoms. The van der Waals surface area contributed by atoms with E-state index in [0.29, 0.717) is 11.1 Å². The number of anilines is 2. The summed E-state index contributed by atoms with van der Waals surface area (Å²) < 4.78 is 28.4. The van der Waals surface area contributed by atoms with E-state index in [-0.39, 0.29) is 22.1 Å². The van der Waals surface area contributed by atoms with E-state index >= 15 is 0 Å². The Kier molecular flexibility index (Phi) is 5.67. The lowest BCUT2D eigenvalue weighted by atomic mass is 9.48. The summed E-state index contributed by atoms with van der Waals surface area (Å²) in [6, 6.07) is 21.7. The number of rotatable bonds is 6. The summed E-state index contributed by atoms with van der Waals surface area (Å²) in [6.07, 6.45) is 8.17. The quantitative estimate of drug-likeness (QED) is 0.405. The van der Waals surface area contributed by atoms with Gasteiger partial charge in [-0.1, -0.05) is 42.0 Å². The van der Waals surface area contributed by atoms with Gasteiger partial charge in [-0.05, 0) is 111 Å². The van der Waals surface area contributed by atoms with Crippen LogP contribution in [0.25, 0.3) is 0 Å². The molecule has 2 N–H and O–H groups in total. The van der Waals surface area contributed by atoms with Crippen molar-refractivity contribution >= 4 is 27.3 Å². The lowest BCUT2D eigenvalue weighted by Gasteiger charge is -2.57. The molecule has 3 aromatic rings. The molecule has 4 bridgehead atoms. The highest BCUT2D eigenvalue weighted by Crippen LogP contribution is 2.60. The SMILES string of the molecule is Cc1ccc(S(=O)(=O)Nc2ccccc2C(=O)Nc2ccc(C34CC5CC(CC(C5)C3)C4)cc2)cc1. The number of nitrogens with one attached hydrogen (secondary N) is 2. The molecular formula is C30H32N2O3S. The van der Waals surface area contributed by atoms with Gasteiger partial charge in [-0.2, -0.15) is 0 Å². The molecule has 5 nitrogen and oxygen atoms in total. The van der Waals surface area contributed by atoms with Crippen molar-refractivity contribution in [1.29, 1.82) is 0 Å². The first-order chi connectivity index (χ1) is 17.3. The van der Waals surface area contributed by atoms with Gasteiger partial charge in [0.15, 0.2) is 0 Å². The van der Waals surface area contributed by atoms with Gasteiger partial charge >= 0.3 is 0 Å². The Balaban J connectivity index is 1.19. The summed E-state index contributed by atoms with van der Waals surface area (Å²) in [7, 11) is -3.82. The molecule has 0 radical (unpaired) electrons. The minimum atomic E-state index is -3.82. The molecule has 4 aliphatic carbocycles. The van der Waals surface area contributed by atoms with Gasteiger partial charge in [0.2, 0.25) is 0 Å². The Labute approximate surface area is 213 Å². The molecule has 0 saturated heterocycles. The first-order valence-electron chi connectivity index (χ1n) is 12.9. The van der Waals surface area contributed by atoms with Gasteiger partial charge in [0.05, 0.1) is 16.1 Å². The average Bonchev–Trinajstić information content (AvgIpc) is 2.84. The van der Waals surface area contributed by atoms with Crippen LogP contribution in [0.15, 0.2) is 77.7 Å². The molecule has 186 valence electrons. The fourth-order valence-electron chi connectivity index (χ4n) is 7.26. The molecule has 0 aromatic heterocycles. The number of hydrogen-bond donors (Lipinski definition) is 2. The molecule has 0 unspecified atom stereocenters. The van der Waals surface area contributed by atoms with Crippen molar-refractivity contribution in [3.8, 4) is 0 Å². The van der Waals surface area contributed by atoms with Gasteiger partial charge < -0.3 is 5.32 Å². The van der Waals surface area contributed by atoms with Crippen LogP contribution in [-0.2, 0) is 15.4 Å². The Bertz CT molecular complexity index is 1360. The van der Waals surface area contributed by atoms with E-state index < -0.39 is 10.0 Å². The van der Waals surface area contributed by atoms with Crippen LogP contribution in [0.3, 0.4) is 0 Å². The van der Waals surface area contributed by atoms with Crippen molar-refractivity contribution in [3.05, 3.63) is 89.5 Å². The van der Waals surface area contributed by atoms with Crippen molar-refractivity contribution in [2.45, 2.75) is 55.8 Å². The van der Waals surface area contributed by atoms with Crippen LogP contribution in [0.2, 0.25) is 0 Å². The van der Waals surface area contributed by atoms with Crippen LogP contribution in [-0.4, -0.2) is 14.3 Å². The van der Waals surface area contributed by atoms with E-state index in [1.165, 1.54) is 44.1 Å². The molecule has 4 saturated carbocycles. The first kappa shape index (κ1) is 23.3. The number of carbonyl (C=O) groups is 1. The van der Waals surface area contributed by atoms with Crippen molar-refractivity contribution < 1.29 is 13.2 Å². The minimum absolute atomic E-state index is 0.156. The monoisotopic (exact) mass is 500 g/mol. The van der Waals surface area contributed by atoms with Crippen LogP contribution >= 0.6 is 0 Å². The summed E-state index contributed by atoms with van der Waals surface area (Å²) in [5.41, 5.74) is 3.94. The van der Waals surface area contributed by atoms with E-state index in [4.69, 9.17) is 0 Å². The second-order valence-corrected chi connectivity index (χ2v) is 12.9. The molecule has 7 rings (SSSR count). The van der Waals surface area contributed by atoms with E-state index in [1.807, 2.05) is 19.1 Å². The van der Waals surface area contributed by atoms with Crippen LogP contribution in [0.1, 0.15) is 60.0 Å². The largest absolute Gasteiger partial charge is 0.322 e. The van der Waals surface area contributed by atoms with Gasteiger partial charge in [0.1, 0.15) is 0 Å². The molecule has 0 atom stereocenters.